The molecule has 0 saturated heterocycles. The topological polar surface area (TPSA) is 34.1 Å². The molecule has 1 unspecified atom stereocenters. The molecular weight excluding hydrogens is 208 g/mol. The summed E-state index contributed by atoms with van der Waals surface area (Å²) in [6, 6.07) is 5.77. The van der Waals surface area contributed by atoms with Crippen molar-refractivity contribution in [1.82, 2.24) is 0 Å². The van der Waals surface area contributed by atoms with Gasteiger partial charge in [-0.15, -0.1) is 0 Å². The second kappa shape index (κ2) is 5.21. The zero-order valence-electron chi connectivity index (χ0n) is 9.37. The molecule has 15 heavy (non-hydrogen) atoms. The Morgan fingerprint density at radius 1 is 1.33 bits per heavy atom. The van der Waals surface area contributed by atoms with Gasteiger partial charge in [0.15, 0.2) is 0 Å². The highest BCUT2D eigenvalue weighted by atomic mass is 32.2. The monoisotopic (exact) mass is 224 g/mol. The molecule has 1 aromatic rings. The molecule has 1 rings (SSSR count). The van der Waals surface area contributed by atoms with Crippen LogP contribution in [0.1, 0.15) is 24.5 Å². The smallest absolute Gasteiger partial charge is 0.145 e. The van der Waals surface area contributed by atoms with Gasteiger partial charge in [0.25, 0.3) is 0 Å². The molecule has 0 heterocycles. The van der Waals surface area contributed by atoms with Crippen molar-refractivity contribution in [1.29, 1.82) is 0 Å². The van der Waals surface area contributed by atoms with Crippen molar-refractivity contribution in [3.05, 3.63) is 29.3 Å². The van der Waals surface area contributed by atoms with Crippen molar-refractivity contribution in [3.63, 3.8) is 0 Å². The first kappa shape index (κ1) is 12.1. The molecular formula is C12H16O2S. The Bertz CT molecular complexity index is 397. The molecule has 0 aliphatic carbocycles. The largest absolute Gasteiger partial charge is 0.299 e. The molecule has 0 bridgehead atoms. The number of carbonyl (C=O) groups is 1. The fourth-order valence-electron chi connectivity index (χ4n) is 1.38. The molecule has 0 N–H and O–H groups in total. The number of hydrogen-bond acceptors (Lipinski definition) is 2. The van der Waals surface area contributed by atoms with E-state index in [4.69, 9.17) is 0 Å². The average molecular weight is 224 g/mol. The Kier molecular flexibility index (Phi) is 4.21. The molecule has 0 spiro atoms. The Morgan fingerprint density at radius 3 is 2.53 bits per heavy atom. The van der Waals surface area contributed by atoms with E-state index in [1.54, 1.807) is 6.92 Å². The van der Waals surface area contributed by atoms with Crippen LogP contribution in [0, 0.1) is 13.8 Å². The van der Waals surface area contributed by atoms with E-state index in [1.807, 2.05) is 32.0 Å². The summed E-state index contributed by atoms with van der Waals surface area (Å²) in [5, 5.41) is 0. The number of carbonyl (C=O) groups excluding carboxylic acids is 1. The predicted molar refractivity (Wildman–Crippen MR) is 62.5 cm³/mol. The number of rotatable bonds is 4. The summed E-state index contributed by atoms with van der Waals surface area (Å²) in [5.74, 6) is 0.189. The minimum atomic E-state index is -1.18. The van der Waals surface area contributed by atoms with Gasteiger partial charge in [0.05, 0.1) is 16.6 Å². The summed E-state index contributed by atoms with van der Waals surface area (Å²) in [5.41, 5.74) is 2.15. The zero-order chi connectivity index (χ0) is 11.4. The summed E-state index contributed by atoms with van der Waals surface area (Å²) in [4.78, 5) is 12.0. The number of ketones is 1. The molecule has 0 aliphatic rings. The van der Waals surface area contributed by atoms with Gasteiger partial charge in [0.1, 0.15) is 5.78 Å². The molecule has 1 atom stereocenters. The molecule has 2 nitrogen and oxygen atoms in total. The number of hydrogen-bond donors (Lipinski definition) is 0. The van der Waals surface area contributed by atoms with Crippen LogP contribution in [0.3, 0.4) is 0 Å². The van der Waals surface area contributed by atoms with Crippen molar-refractivity contribution in [3.8, 4) is 0 Å². The highest BCUT2D eigenvalue weighted by Crippen LogP contribution is 2.15. The van der Waals surface area contributed by atoms with Crippen LogP contribution in [-0.2, 0) is 15.6 Å². The van der Waals surface area contributed by atoms with E-state index >= 15 is 0 Å². The van der Waals surface area contributed by atoms with Crippen LogP contribution >= 0.6 is 0 Å². The quantitative estimate of drug-likeness (QED) is 0.787. The van der Waals surface area contributed by atoms with Crippen LogP contribution in [0.4, 0.5) is 0 Å². The van der Waals surface area contributed by atoms with Gasteiger partial charge >= 0.3 is 0 Å². The van der Waals surface area contributed by atoms with Crippen LogP contribution in [0.2, 0.25) is 0 Å². The molecule has 0 aliphatic heterocycles. The maximum atomic E-state index is 11.8. The van der Waals surface area contributed by atoms with E-state index in [9.17, 15) is 9.00 Å². The van der Waals surface area contributed by atoms with Crippen LogP contribution in [-0.4, -0.2) is 15.7 Å². The maximum absolute atomic E-state index is 11.8. The fourth-order valence-corrected chi connectivity index (χ4v) is 2.67. The van der Waals surface area contributed by atoms with Crippen LogP contribution in [0.25, 0.3) is 0 Å². The minimum absolute atomic E-state index is 0.0494. The van der Waals surface area contributed by atoms with Gasteiger partial charge in [-0.3, -0.25) is 9.00 Å². The molecule has 0 fully saturated rings. The third-order valence-electron chi connectivity index (χ3n) is 2.26. The van der Waals surface area contributed by atoms with Gasteiger partial charge in [-0.05, 0) is 25.5 Å². The first-order chi connectivity index (χ1) is 7.04. The minimum Gasteiger partial charge on any atom is -0.299 e. The van der Waals surface area contributed by atoms with Crippen LogP contribution < -0.4 is 0 Å². The first-order valence-electron chi connectivity index (χ1n) is 5.02. The second-order valence-corrected chi connectivity index (χ2v) is 5.07. The normalized spacial score (nSPS) is 12.5. The van der Waals surface area contributed by atoms with Crippen LogP contribution in [0.15, 0.2) is 23.1 Å². The number of aryl methyl sites for hydroxylation is 2. The van der Waals surface area contributed by atoms with Crippen molar-refractivity contribution >= 4 is 16.6 Å². The molecule has 0 aromatic heterocycles. The Balaban J connectivity index is 2.87. The zero-order valence-corrected chi connectivity index (χ0v) is 10.2. The van der Waals surface area contributed by atoms with Crippen molar-refractivity contribution < 1.29 is 9.00 Å². The van der Waals surface area contributed by atoms with Gasteiger partial charge in [-0.1, -0.05) is 24.6 Å². The van der Waals surface area contributed by atoms with E-state index in [0.29, 0.717) is 6.42 Å². The van der Waals surface area contributed by atoms with E-state index in [2.05, 4.69) is 0 Å². The van der Waals surface area contributed by atoms with E-state index in [1.165, 1.54) is 0 Å². The van der Waals surface area contributed by atoms with Crippen molar-refractivity contribution in [2.24, 2.45) is 0 Å². The first-order valence-corrected chi connectivity index (χ1v) is 6.33. The molecule has 82 valence electrons. The van der Waals surface area contributed by atoms with Crippen molar-refractivity contribution in [2.45, 2.75) is 32.1 Å². The lowest BCUT2D eigenvalue weighted by atomic mass is 10.2. The molecule has 0 amide bonds. The Labute approximate surface area is 93.2 Å². The SMILES string of the molecule is CCC(=O)CS(=O)c1ccc(C)cc1C. The molecule has 0 saturated carbocycles. The predicted octanol–water partition coefficient (Wildman–Crippen LogP) is 2.39. The third-order valence-corrected chi connectivity index (χ3v) is 3.79. The lowest BCUT2D eigenvalue weighted by molar-refractivity contribution is -0.116. The summed E-state index contributed by atoms with van der Waals surface area (Å²) >= 11 is 0. The van der Waals surface area contributed by atoms with E-state index < -0.39 is 10.8 Å². The Morgan fingerprint density at radius 2 is 2.00 bits per heavy atom. The van der Waals surface area contributed by atoms with E-state index in [0.717, 1.165) is 16.0 Å². The van der Waals surface area contributed by atoms with Gasteiger partial charge in [0, 0.05) is 11.3 Å². The van der Waals surface area contributed by atoms with Crippen molar-refractivity contribution in [2.75, 3.05) is 5.75 Å². The van der Waals surface area contributed by atoms with Gasteiger partial charge < -0.3 is 0 Å². The van der Waals surface area contributed by atoms with Gasteiger partial charge in [-0.2, -0.15) is 0 Å². The lowest BCUT2D eigenvalue weighted by Crippen LogP contribution is -2.10. The highest BCUT2D eigenvalue weighted by molar-refractivity contribution is 7.85. The second-order valence-electron chi connectivity index (χ2n) is 3.65. The molecule has 1 aromatic carbocycles. The highest BCUT2D eigenvalue weighted by Gasteiger charge is 2.10. The average Bonchev–Trinajstić information content (AvgIpc) is 2.17. The standard InChI is InChI=1S/C12H16O2S/c1-4-11(13)8-15(14)12-6-5-9(2)7-10(12)3/h5-7H,4,8H2,1-3H3. The molecule has 3 heteroatoms. The van der Waals surface area contributed by atoms with E-state index in [-0.39, 0.29) is 11.5 Å². The summed E-state index contributed by atoms with van der Waals surface area (Å²) in [6.45, 7) is 5.72. The third kappa shape index (κ3) is 3.27. The number of Topliss-reactive ketones (excluding diaryl/α,β-unsaturated/α-hetero) is 1. The molecule has 0 radical (unpaired) electrons. The lowest BCUT2D eigenvalue weighted by Gasteiger charge is -2.05. The van der Waals surface area contributed by atoms with Crippen LogP contribution in [0.5, 0.6) is 0 Å². The Hall–Kier alpha value is -0.960. The number of benzene rings is 1. The van der Waals surface area contributed by atoms with Gasteiger partial charge in [0.2, 0.25) is 0 Å². The fraction of sp³-hybridized carbons (Fsp3) is 0.417. The maximum Gasteiger partial charge on any atom is 0.145 e. The summed E-state index contributed by atoms with van der Waals surface area (Å²) in [6.07, 6.45) is 0.455. The van der Waals surface area contributed by atoms with Gasteiger partial charge in [-0.25, -0.2) is 0 Å². The summed E-state index contributed by atoms with van der Waals surface area (Å²) in [7, 11) is -1.18. The summed E-state index contributed by atoms with van der Waals surface area (Å²) < 4.78 is 11.8.